The van der Waals surface area contributed by atoms with Gasteiger partial charge in [-0.15, -0.1) is 0 Å². The van der Waals surface area contributed by atoms with Crippen LogP contribution < -0.4 is 5.32 Å². The largest absolute Gasteiger partial charge is 0.331 e. The van der Waals surface area contributed by atoms with Crippen LogP contribution in [-0.2, 0) is 13.5 Å². The number of benzene rings is 1. The summed E-state index contributed by atoms with van der Waals surface area (Å²) in [6.45, 7) is 3.31. The van der Waals surface area contributed by atoms with Gasteiger partial charge >= 0.3 is 0 Å². The van der Waals surface area contributed by atoms with Gasteiger partial charge in [0.15, 0.2) is 0 Å². The summed E-state index contributed by atoms with van der Waals surface area (Å²) in [6, 6.07) is 6.96. The number of hydrogen-bond donors (Lipinski definition) is 1. The van der Waals surface area contributed by atoms with Crippen LogP contribution in [0, 0.1) is 6.92 Å². The van der Waals surface area contributed by atoms with Crippen molar-refractivity contribution in [3.8, 4) is 0 Å². The van der Waals surface area contributed by atoms with Crippen molar-refractivity contribution in [2.75, 3.05) is 6.54 Å². The topological polar surface area (TPSA) is 29.9 Å². The van der Waals surface area contributed by atoms with E-state index in [1.165, 1.54) is 29.7 Å². The van der Waals surface area contributed by atoms with E-state index in [-0.39, 0.29) is 0 Å². The van der Waals surface area contributed by atoms with Gasteiger partial charge in [0.25, 0.3) is 0 Å². The number of nitrogens with one attached hydrogen (secondary N) is 1. The van der Waals surface area contributed by atoms with Gasteiger partial charge in [-0.3, -0.25) is 0 Å². The minimum atomic E-state index is 0.616. The van der Waals surface area contributed by atoms with Crippen molar-refractivity contribution in [1.82, 2.24) is 14.9 Å². The summed E-state index contributed by atoms with van der Waals surface area (Å²) in [7, 11) is 2.13. The van der Waals surface area contributed by atoms with E-state index in [1.54, 1.807) is 0 Å². The molecule has 0 radical (unpaired) electrons. The number of rotatable bonds is 2. The fourth-order valence-electron chi connectivity index (χ4n) is 2.85. The van der Waals surface area contributed by atoms with Crippen molar-refractivity contribution in [3.05, 3.63) is 29.6 Å². The van der Waals surface area contributed by atoms with Crippen LogP contribution in [-0.4, -0.2) is 22.1 Å². The van der Waals surface area contributed by atoms with Crippen molar-refractivity contribution in [2.45, 2.75) is 32.2 Å². The summed E-state index contributed by atoms with van der Waals surface area (Å²) in [4.78, 5) is 4.76. The summed E-state index contributed by atoms with van der Waals surface area (Å²) in [5.41, 5.74) is 3.71. The van der Waals surface area contributed by atoms with E-state index in [4.69, 9.17) is 4.98 Å². The zero-order valence-corrected chi connectivity index (χ0v) is 10.5. The molecule has 0 spiro atoms. The highest BCUT2D eigenvalue weighted by atomic mass is 15.1. The molecule has 17 heavy (non-hydrogen) atoms. The van der Waals surface area contributed by atoms with Crippen molar-refractivity contribution in [2.24, 2.45) is 7.05 Å². The van der Waals surface area contributed by atoms with Gasteiger partial charge in [0.1, 0.15) is 5.82 Å². The first kappa shape index (κ1) is 10.8. The molecule has 2 aromatic rings. The molecule has 90 valence electrons. The number of aryl methyl sites for hydroxylation is 2. The Morgan fingerprint density at radius 1 is 1.47 bits per heavy atom. The fraction of sp³-hybridized carbons (Fsp3) is 0.500. The Labute approximate surface area is 102 Å². The predicted molar refractivity (Wildman–Crippen MR) is 70.2 cm³/mol. The highest BCUT2D eigenvalue weighted by molar-refractivity contribution is 5.79. The van der Waals surface area contributed by atoms with Gasteiger partial charge in [-0.25, -0.2) is 4.98 Å². The summed E-state index contributed by atoms with van der Waals surface area (Å²) in [5.74, 6) is 1.20. The third-order valence-electron chi connectivity index (χ3n) is 3.78. The second-order valence-corrected chi connectivity index (χ2v) is 5.03. The second kappa shape index (κ2) is 4.15. The standard InChI is InChI=1S/C14H19N3/c1-10-5-3-7-12-14(10)17(2)13(16-12)9-11-6-4-8-15-11/h3,5,7,11,15H,4,6,8-9H2,1-2H3. The molecule has 1 fully saturated rings. The van der Waals surface area contributed by atoms with Crippen LogP contribution in [0.5, 0.6) is 0 Å². The lowest BCUT2D eigenvalue weighted by molar-refractivity contribution is 0.575. The quantitative estimate of drug-likeness (QED) is 0.855. The highest BCUT2D eigenvalue weighted by Crippen LogP contribution is 2.20. The molecule has 1 aliphatic rings. The molecule has 1 aromatic carbocycles. The number of para-hydroxylation sites is 1. The van der Waals surface area contributed by atoms with E-state index in [1.807, 2.05) is 0 Å². The van der Waals surface area contributed by atoms with E-state index in [9.17, 15) is 0 Å². The first-order chi connectivity index (χ1) is 8.25. The van der Waals surface area contributed by atoms with Gasteiger partial charge in [0.05, 0.1) is 11.0 Å². The minimum absolute atomic E-state index is 0.616. The maximum absolute atomic E-state index is 4.76. The molecule has 0 aliphatic carbocycles. The molecule has 1 aromatic heterocycles. The Morgan fingerprint density at radius 3 is 3.06 bits per heavy atom. The minimum Gasteiger partial charge on any atom is -0.331 e. The van der Waals surface area contributed by atoms with Gasteiger partial charge in [0.2, 0.25) is 0 Å². The van der Waals surface area contributed by atoms with E-state index < -0.39 is 0 Å². The average molecular weight is 229 g/mol. The molecule has 1 saturated heterocycles. The van der Waals surface area contributed by atoms with Crippen molar-refractivity contribution >= 4 is 11.0 Å². The Kier molecular flexibility index (Phi) is 2.63. The van der Waals surface area contributed by atoms with E-state index in [0.29, 0.717) is 6.04 Å². The first-order valence-corrected chi connectivity index (χ1v) is 6.40. The fourth-order valence-corrected chi connectivity index (χ4v) is 2.85. The molecule has 1 unspecified atom stereocenters. The monoisotopic (exact) mass is 229 g/mol. The number of aromatic nitrogens is 2. The Bertz CT molecular complexity index is 536. The SMILES string of the molecule is Cc1cccc2nc(CC3CCCN3)n(C)c12. The van der Waals surface area contributed by atoms with Crippen LogP contribution in [0.15, 0.2) is 18.2 Å². The normalized spacial score (nSPS) is 20.2. The Morgan fingerprint density at radius 2 is 2.35 bits per heavy atom. The van der Waals surface area contributed by atoms with E-state index in [0.717, 1.165) is 18.5 Å². The summed E-state index contributed by atoms with van der Waals surface area (Å²) >= 11 is 0. The number of hydrogen-bond acceptors (Lipinski definition) is 2. The Hall–Kier alpha value is -1.35. The van der Waals surface area contributed by atoms with E-state index >= 15 is 0 Å². The number of imidazole rings is 1. The van der Waals surface area contributed by atoms with Crippen LogP contribution in [0.2, 0.25) is 0 Å². The van der Waals surface area contributed by atoms with E-state index in [2.05, 4.69) is 42.1 Å². The molecule has 0 amide bonds. The molecule has 1 aliphatic heterocycles. The molecule has 1 atom stereocenters. The molecule has 1 N–H and O–H groups in total. The average Bonchev–Trinajstić information content (AvgIpc) is 2.90. The lowest BCUT2D eigenvalue weighted by Crippen LogP contribution is -2.25. The van der Waals surface area contributed by atoms with Crippen molar-refractivity contribution < 1.29 is 0 Å². The number of fused-ring (bicyclic) bond motifs is 1. The van der Waals surface area contributed by atoms with Crippen LogP contribution in [0.4, 0.5) is 0 Å². The van der Waals surface area contributed by atoms with Crippen LogP contribution in [0.25, 0.3) is 11.0 Å². The zero-order valence-electron chi connectivity index (χ0n) is 10.5. The van der Waals surface area contributed by atoms with Crippen molar-refractivity contribution in [3.63, 3.8) is 0 Å². The second-order valence-electron chi connectivity index (χ2n) is 5.03. The van der Waals surface area contributed by atoms with Crippen LogP contribution in [0.1, 0.15) is 24.2 Å². The van der Waals surface area contributed by atoms with Crippen LogP contribution >= 0.6 is 0 Å². The number of nitrogens with zero attached hydrogens (tertiary/aromatic N) is 2. The highest BCUT2D eigenvalue weighted by Gasteiger charge is 2.18. The smallest absolute Gasteiger partial charge is 0.111 e. The van der Waals surface area contributed by atoms with Gasteiger partial charge in [-0.2, -0.15) is 0 Å². The predicted octanol–water partition coefficient (Wildman–Crippen LogP) is 2.18. The molecule has 3 rings (SSSR count). The zero-order chi connectivity index (χ0) is 11.8. The summed E-state index contributed by atoms with van der Waals surface area (Å²) in [5, 5.41) is 3.54. The lowest BCUT2D eigenvalue weighted by atomic mass is 10.1. The van der Waals surface area contributed by atoms with Crippen LogP contribution in [0.3, 0.4) is 0 Å². The molecule has 3 heteroatoms. The van der Waals surface area contributed by atoms with Crippen molar-refractivity contribution in [1.29, 1.82) is 0 Å². The first-order valence-electron chi connectivity index (χ1n) is 6.40. The van der Waals surface area contributed by atoms with Gasteiger partial charge in [-0.1, -0.05) is 12.1 Å². The maximum Gasteiger partial charge on any atom is 0.111 e. The van der Waals surface area contributed by atoms with Gasteiger partial charge < -0.3 is 9.88 Å². The molecular formula is C14H19N3. The molecular weight excluding hydrogens is 210 g/mol. The maximum atomic E-state index is 4.76. The lowest BCUT2D eigenvalue weighted by Gasteiger charge is -2.09. The molecule has 0 saturated carbocycles. The summed E-state index contributed by atoms with van der Waals surface area (Å²) < 4.78 is 2.25. The summed E-state index contributed by atoms with van der Waals surface area (Å²) in [6.07, 6.45) is 3.63. The van der Waals surface area contributed by atoms with Gasteiger partial charge in [-0.05, 0) is 37.9 Å². The third kappa shape index (κ3) is 1.84. The molecule has 0 bridgehead atoms. The third-order valence-corrected chi connectivity index (χ3v) is 3.78. The molecule has 3 nitrogen and oxygen atoms in total. The molecule has 2 heterocycles. The Balaban J connectivity index is 1.99. The van der Waals surface area contributed by atoms with Gasteiger partial charge in [0, 0.05) is 19.5 Å².